The molecule has 1 aromatic rings. The van der Waals surface area contributed by atoms with Gasteiger partial charge in [-0.3, -0.25) is 9.69 Å². The minimum Gasteiger partial charge on any atom is -0.480 e. The number of hydrogen-bond acceptors (Lipinski definition) is 5. The molecule has 0 saturated carbocycles. The number of thiazole rings is 1. The van der Waals surface area contributed by atoms with Gasteiger partial charge in [0.2, 0.25) is 0 Å². The lowest BCUT2D eigenvalue weighted by molar-refractivity contribution is -0.142. The highest BCUT2D eigenvalue weighted by atomic mass is 32.1. The maximum absolute atomic E-state index is 11.1. The van der Waals surface area contributed by atoms with Crippen LogP contribution in [0.4, 0.5) is 0 Å². The summed E-state index contributed by atoms with van der Waals surface area (Å²) in [5.74, 6) is -0.726. The number of likely N-dealkylation sites (tertiary alicyclic amines) is 1. The summed E-state index contributed by atoms with van der Waals surface area (Å²) in [6.45, 7) is 6.08. The second kappa shape index (κ2) is 6.45. The predicted molar refractivity (Wildman–Crippen MR) is 73.2 cm³/mol. The first-order valence-corrected chi connectivity index (χ1v) is 7.52. The molecule has 2 atom stereocenters. The maximum atomic E-state index is 11.1. The van der Waals surface area contributed by atoms with E-state index in [4.69, 9.17) is 9.84 Å². The highest BCUT2D eigenvalue weighted by Gasteiger charge is 2.30. The first-order valence-electron chi connectivity index (χ1n) is 6.64. The van der Waals surface area contributed by atoms with E-state index in [-0.39, 0.29) is 12.1 Å². The van der Waals surface area contributed by atoms with Crippen LogP contribution in [0.15, 0.2) is 5.38 Å². The van der Waals surface area contributed by atoms with Crippen LogP contribution >= 0.6 is 11.3 Å². The Kier molecular flexibility index (Phi) is 4.90. The van der Waals surface area contributed by atoms with Crippen molar-refractivity contribution in [2.24, 2.45) is 0 Å². The first kappa shape index (κ1) is 14.4. The third-order valence-corrected chi connectivity index (χ3v) is 4.40. The minimum absolute atomic E-state index is 0.0117. The zero-order valence-corrected chi connectivity index (χ0v) is 12.2. The number of carboxylic acid groups (broad SMARTS) is 1. The average Bonchev–Trinajstić information content (AvgIpc) is 2.99. The number of carboxylic acids is 1. The summed E-state index contributed by atoms with van der Waals surface area (Å²) in [5, 5.41) is 12.1. The molecule has 106 valence electrons. The summed E-state index contributed by atoms with van der Waals surface area (Å²) < 4.78 is 5.51. The largest absolute Gasteiger partial charge is 0.480 e. The number of rotatable bonds is 6. The molecule has 19 heavy (non-hydrogen) atoms. The van der Waals surface area contributed by atoms with Crippen LogP contribution in [-0.2, 0) is 16.1 Å². The van der Waals surface area contributed by atoms with Gasteiger partial charge in [0, 0.05) is 18.5 Å². The smallest absolute Gasteiger partial charge is 0.320 e. The molecule has 1 fully saturated rings. The second-order valence-electron chi connectivity index (χ2n) is 4.74. The summed E-state index contributed by atoms with van der Waals surface area (Å²) >= 11 is 1.58. The van der Waals surface area contributed by atoms with Crippen molar-refractivity contribution < 1.29 is 14.6 Å². The Morgan fingerprint density at radius 3 is 3.21 bits per heavy atom. The van der Waals surface area contributed by atoms with Gasteiger partial charge in [-0.2, -0.15) is 0 Å². The highest BCUT2D eigenvalue weighted by molar-refractivity contribution is 7.09. The second-order valence-corrected chi connectivity index (χ2v) is 5.63. The fourth-order valence-corrected chi connectivity index (χ4v) is 3.22. The summed E-state index contributed by atoms with van der Waals surface area (Å²) in [6, 6.07) is -0.352. The third-order valence-electron chi connectivity index (χ3n) is 3.35. The molecule has 0 bridgehead atoms. The SMILES string of the molecule is CCOC(C)c1nc(CN2CCCC2C(=O)O)cs1. The van der Waals surface area contributed by atoms with E-state index in [1.54, 1.807) is 11.3 Å². The fourth-order valence-electron chi connectivity index (χ4n) is 2.41. The van der Waals surface area contributed by atoms with Gasteiger partial charge >= 0.3 is 5.97 Å². The molecule has 0 aliphatic carbocycles. The van der Waals surface area contributed by atoms with Crippen molar-refractivity contribution in [3.8, 4) is 0 Å². The molecule has 0 spiro atoms. The number of hydrogen-bond donors (Lipinski definition) is 1. The van der Waals surface area contributed by atoms with Crippen LogP contribution in [0.5, 0.6) is 0 Å². The lowest BCUT2D eigenvalue weighted by atomic mass is 10.2. The molecule has 2 unspecified atom stereocenters. The molecule has 6 heteroatoms. The van der Waals surface area contributed by atoms with Crippen LogP contribution < -0.4 is 0 Å². The van der Waals surface area contributed by atoms with E-state index in [2.05, 4.69) is 4.98 Å². The van der Waals surface area contributed by atoms with Crippen molar-refractivity contribution in [2.45, 2.75) is 45.4 Å². The van der Waals surface area contributed by atoms with Crippen molar-refractivity contribution in [2.75, 3.05) is 13.2 Å². The molecule has 0 aromatic carbocycles. The van der Waals surface area contributed by atoms with E-state index in [1.807, 2.05) is 24.1 Å². The maximum Gasteiger partial charge on any atom is 0.320 e. The summed E-state index contributed by atoms with van der Waals surface area (Å²) in [7, 11) is 0. The van der Waals surface area contributed by atoms with Gasteiger partial charge in [-0.1, -0.05) is 0 Å². The standard InChI is InChI=1S/C13H20N2O3S/c1-3-18-9(2)12-14-10(8-19-12)7-15-6-4-5-11(15)13(16)17/h8-9,11H,3-7H2,1-2H3,(H,16,17). The molecular weight excluding hydrogens is 264 g/mol. The van der Waals surface area contributed by atoms with E-state index >= 15 is 0 Å². The molecule has 1 saturated heterocycles. The van der Waals surface area contributed by atoms with Crippen LogP contribution in [-0.4, -0.2) is 40.2 Å². The quantitative estimate of drug-likeness (QED) is 0.868. The Hall–Kier alpha value is -0.980. The van der Waals surface area contributed by atoms with Gasteiger partial charge in [0.1, 0.15) is 17.2 Å². The molecule has 0 amide bonds. The summed E-state index contributed by atoms with van der Waals surface area (Å²) in [5.41, 5.74) is 0.944. The summed E-state index contributed by atoms with van der Waals surface area (Å²) in [6.07, 6.45) is 1.70. The van der Waals surface area contributed by atoms with Gasteiger partial charge in [0.05, 0.1) is 5.69 Å². The molecule has 2 rings (SSSR count). The van der Waals surface area contributed by atoms with Crippen molar-refractivity contribution in [3.63, 3.8) is 0 Å². The normalized spacial score (nSPS) is 21.7. The Morgan fingerprint density at radius 2 is 2.53 bits per heavy atom. The number of carbonyl (C=O) groups is 1. The van der Waals surface area contributed by atoms with Crippen molar-refractivity contribution in [3.05, 3.63) is 16.1 Å². The van der Waals surface area contributed by atoms with Crippen LogP contribution in [0.2, 0.25) is 0 Å². The number of aliphatic carboxylic acids is 1. The third kappa shape index (κ3) is 3.52. The van der Waals surface area contributed by atoms with E-state index < -0.39 is 5.97 Å². The predicted octanol–water partition coefficient (Wildman–Crippen LogP) is 2.29. The van der Waals surface area contributed by atoms with Crippen LogP contribution in [0.25, 0.3) is 0 Å². The Morgan fingerprint density at radius 1 is 1.74 bits per heavy atom. The molecule has 1 aliphatic heterocycles. The van der Waals surface area contributed by atoms with E-state index in [1.165, 1.54) is 0 Å². The lowest BCUT2D eigenvalue weighted by Crippen LogP contribution is -2.35. The molecule has 2 heterocycles. The van der Waals surface area contributed by atoms with Gasteiger partial charge in [0.15, 0.2) is 0 Å². The lowest BCUT2D eigenvalue weighted by Gasteiger charge is -2.19. The number of nitrogens with zero attached hydrogens (tertiary/aromatic N) is 2. The molecule has 1 aliphatic rings. The Labute approximate surface area is 117 Å². The van der Waals surface area contributed by atoms with Crippen molar-refractivity contribution >= 4 is 17.3 Å². The molecule has 0 radical (unpaired) electrons. The zero-order valence-electron chi connectivity index (χ0n) is 11.3. The van der Waals surface area contributed by atoms with Gasteiger partial charge in [-0.05, 0) is 33.2 Å². The van der Waals surface area contributed by atoms with Crippen molar-refractivity contribution in [1.29, 1.82) is 0 Å². The van der Waals surface area contributed by atoms with Crippen LogP contribution in [0.1, 0.15) is 43.5 Å². The van der Waals surface area contributed by atoms with E-state index in [0.29, 0.717) is 13.2 Å². The number of aromatic nitrogens is 1. The zero-order chi connectivity index (χ0) is 13.8. The fraction of sp³-hybridized carbons (Fsp3) is 0.692. The molecule has 5 nitrogen and oxygen atoms in total. The summed E-state index contributed by atoms with van der Waals surface area (Å²) in [4.78, 5) is 17.7. The van der Waals surface area contributed by atoms with E-state index in [9.17, 15) is 4.79 Å². The van der Waals surface area contributed by atoms with Crippen LogP contribution in [0.3, 0.4) is 0 Å². The Bertz CT molecular complexity index is 435. The van der Waals surface area contributed by atoms with E-state index in [0.717, 1.165) is 30.1 Å². The molecular formula is C13H20N2O3S. The first-order chi connectivity index (χ1) is 9.11. The highest BCUT2D eigenvalue weighted by Crippen LogP contribution is 2.24. The van der Waals surface area contributed by atoms with Gasteiger partial charge in [0.25, 0.3) is 0 Å². The minimum atomic E-state index is -0.726. The van der Waals surface area contributed by atoms with Gasteiger partial charge in [-0.15, -0.1) is 11.3 Å². The monoisotopic (exact) mass is 284 g/mol. The van der Waals surface area contributed by atoms with Crippen molar-refractivity contribution in [1.82, 2.24) is 9.88 Å². The topological polar surface area (TPSA) is 62.7 Å². The Balaban J connectivity index is 1.98. The number of ether oxygens (including phenoxy) is 1. The average molecular weight is 284 g/mol. The van der Waals surface area contributed by atoms with Gasteiger partial charge in [-0.25, -0.2) is 4.98 Å². The molecule has 1 aromatic heterocycles. The van der Waals surface area contributed by atoms with Crippen LogP contribution in [0, 0.1) is 0 Å². The molecule has 1 N–H and O–H groups in total. The van der Waals surface area contributed by atoms with Gasteiger partial charge < -0.3 is 9.84 Å².